The summed E-state index contributed by atoms with van der Waals surface area (Å²) in [4.78, 5) is 27.1. The number of carbonyl (C=O) groups is 1. The van der Waals surface area contributed by atoms with Crippen molar-refractivity contribution in [1.82, 2.24) is 9.55 Å². The van der Waals surface area contributed by atoms with Crippen molar-refractivity contribution in [2.24, 2.45) is 5.92 Å². The van der Waals surface area contributed by atoms with Gasteiger partial charge in [0.05, 0.1) is 6.10 Å². The summed E-state index contributed by atoms with van der Waals surface area (Å²) in [5, 5.41) is 9.69. The Labute approximate surface area is 127 Å². The number of ether oxygens (including phenoxy) is 2. The smallest absolute Gasteiger partial charge is 0.352 e. The maximum Gasteiger partial charge on any atom is 0.352 e. The number of nitriles is 1. The molecule has 1 aromatic heterocycles. The quantitative estimate of drug-likeness (QED) is 0.801. The van der Waals surface area contributed by atoms with E-state index in [9.17, 15) is 14.9 Å². The maximum absolute atomic E-state index is 12.1. The highest BCUT2D eigenvalue weighted by molar-refractivity contribution is 5.66. The lowest BCUT2D eigenvalue weighted by Gasteiger charge is -2.29. The van der Waals surface area contributed by atoms with Crippen LogP contribution in [0.15, 0.2) is 17.1 Å². The molecule has 1 fully saturated rings. The molecule has 0 spiro atoms. The van der Waals surface area contributed by atoms with Gasteiger partial charge in [-0.15, -0.1) is 0 Å². The van der Waals surface area contributed by atoms with Crippen LogP contribution in [0.25, 0.3) is 0 Å². The summed E-state index contributed by atoms with van der Waals surface area (Å²) in [6, 6.07) is 3.37. The third-order valence-electron chi connectivity index (χ3n) is 3.82. The molecule has 0 radical (unpaired) electrons. The highest BCUT2D eigenvalue weighted by Gasteiger charge is 2.57. The van der Waals surface area contributed by atoms with Crippen molar-refractivity contribution in [3.8, 4) is 6.07 Å². The lowest BCUT2D eigenvalue weighted by molar-refractivity contribution is -0.162. The van der Waals surface area contributed by atoms with Crippen LogP contribution in [0.1, 0.15) is 27.2 Å². The summed E-state index contributed by atoms with van der Waals surface area (Å²) in [5.41, 5.74) is 2.99. The Morgan fingerprint density at radius 2 is 2.36 bits per heavy atom. The zero-order valence-electron chi connectivity index (χ0n) is 12.6. The van der Waals surface area contributed by atoms with E-state index in [-0.39, 0.29) is 17.8 Å². The largest absolute Gasteiger partial charge is 0.456 e. The number of nitrogen functional groups attached to an aromatic ring is 1. The van der Waals surface area contributed by atoms with Gasteiger partial charge in [0.2, 0.25) is 0 Å². The van der Waals surface area contributed by atoms with Crippen LogP contribution in [0.3, 0.4) is 0 Å². The van der Waals surface area contributed by atoms with E-state index in [1.54, 1.807) is 0 Å². The van der Waals surface area contributed by atoms with Crippen molar-refractivity contribution in [3.05, 3.63) is 22.7 Å². The second-order valence-electron chi connectivity index (χ2n) is 5.27. The molecule has 2 N–H and O–H groups in total. The van der Waals surface area contributed by atoms with Crippen LogP contribution in [0.2, 0.25) is 0 Å². The van der Waals surface area contributed by atoms with Gasteiger partial charge in [0.25, 0.3) is 5.72 Å². The van der Waals surface area contributed by atoms with Gasteiger partial charge in [0.1, 0.15) is 11.9 Å². The summed E-state index contributed by atoms with van der Waals surface area (Å²) in [7, 11) is 0. The van der Waals surface area contributed by atoms with E-state index in [1.165, 1.54) is 19.2 Å². The molecule has 2 heterocycles. The predicted octanol–water partition coefficient (Wildman–Crippen LogP) is 0.378. The number of anilines is 1. The molecule has 2 rings (SSSR count). The van der Waals surface area contributed by atoms with E-state index in [2.05, 4.69) is 4.98 Å². The lowest BCUT2D eigenvalue weighted by atomic mass is 9.94. The van der Waals surface area contributed by atoms with Gasteiger partial charge in [0, 0.05) is 19.0 Å². The molecule has 0 aromatic carbocycles. The molecule has 1 aromatic rings. The van der Waals surface area contributed by atoms with E-state index in [0.29, 0.717) is 6.42 Å². The molecule has 0 unspecified atom stereocenters. The maximum atomic E-state index is 12.1. The summed E-state index contributed by atoms with van der Waals surface area (Å²) >= 11 is 0. The molecule has 1 aliphatic heterocycles. The molecule has 0 aliphatic carbocycles. The number of rotatable bonds is 3. The molecule has 4 atom stereocenters. The van der Waals surface area contributed by atoms with Crippen molar-refractivity contribution >= 4 is 11.8 Å². The number of carbonyl (C=O) groups excluding carboxylic acids is 1. The molecule has 8 nitrogen and oxygen atoms in total. The van der Waals surface area contributed by atoms with Crippen LogP contribution in [-0.4, -0.2) is 27.7 Å². The van der Waals surface area contributed by atoms with Gasteiger partial charge in [-0.25, -0.2) is 4.79 Å². The average molecular weight is 306 g/mol. The van der Waals surface area contributed by atoms with Crippen molar-refractivity contribution in [2.45, 2.75) is 45.1 Å². The normalized spacial score (nSPS) is 30.7. The van der Waals surface area contributed by atoms with Crippen molar-refractivity contribution in [1.29, 1.82) is 5.26 Å². The molecule has 0 amide bonds. The fraction of sp³-hybridized carbons (Fsp3) is 0.571. The first kappa shape index (κ1) is 16.0. The molecule has 22 heavy (non-hydrogen) atoms. The molecular weight excluding hydrogens is 288 g/mol. The van der Waals surface area contributed by atoms with Gasteiger partial charge in [-0.3, -0.25) is 9.36 Å². The van der Waals surface area contributed by atoms with E-state index in [4.69, 9.17) is 15.2 Å². The fourth-order valence-corrected chi connectivity index (χ4v) is 2.78. The zero-order valence-corrected chi connectivity index (χ0v) is 12.6. The first-order valence-corrected chi connectivity index (χ1v) is 6.97. The number of hydrogen-bond acceptors (Lipinski definition) is 7. The van der Waals surface area contributed by atoms with Crippen LogP contribution in [-0.2, 0) is 20.0 Å². The molecule has 118 valence electrons. The first-order valence-electron chi connectivity index (χ1n) is 6.97. The van der Waals surface area contributed by atoms with Gasteiger partial charge in [-0.05, 0) is 12.5 Å². The van der Waals surface area contributed by atoms with Crippen LogP contribution < -0.4 is 11.4 Å². The van der Waals surface area contributed by atoms with E-state index in [1.807, 2.05) is 19.9 Å². The summed E-state index contributed by atoms with van der Waals surface area (Å²) in [6.07, 6.45) is 0.700. The zero-order chi connectivity index (χ0) is 16.5. The third kappa shape index (κ3) is 2.44. The van der Waals surface area contributed by atoms with Crippen LogP contribution in [0.4, 0.5) is 5.82 Å². The van der Waals surface area contributed by atoms with Gasteiger partial charge in [-0.2, -0.15) is 10.2 Å². The van der Waals surface area contributed by atoms with Crippen LogP contribution in [0.5, 0.6) is 0 Å². The standard InChI is InChI=1S/C14H18N4O4/c1-4-10-8(2)12(21-9(3)19)14(7-15,22-10)18-6-5-11(16)17-13(18)20/h5-6,8,10,12H,4H2,1-3H3,(H2,16,17,20)/t8-,10-,12+,14-/m1/s1. The van der Waals surface area contributed by atoms with Crippen LogP contribution >= 0.6 is 0 Å². The van der Waals surface area contributed by atoms with Gasteiger partial charge >= 0.3 is 11.7 Å². The number of nitrogens with two attached hydrogens (primary N) is 1. The highest BCUT2D eigenvalue weighted by atomic mass is 16.6. The number of aromatic nitrogens is 2. The second-order valence-corrected chi connectivity index (χ2v) is 5.27. The number of hydrogen-bond donors (Lipinski definition) is 1. The molecule has 0 bridgehead atoms. The highest BCUT2D eigenvalue weighted by Crippen LogP contribution is 2.41. The van der Waals surface area contributed by atoms with Crippen molar-refractivity contribution in [3.63, 3.8) is 0 Å². The number of esters is 1. The molecule has 1 aliphatic rings. The average Bonchev–Trinajstić information content (AvgIpc) is 2.72. The predicted molar refractivity (Wildman–Crippen MR) is 76.4 cm³/mol. The van der Waals surface area contributed by atoms with E-state index in [0.717, 1.165) is 4.57 Å². The minimum Gasteiger partial charge on any atom is -0.456 e. The Balaban J connectivity index is 2.60. The molecule has 0 saturated carbocycles. The van der Waals surface area contributed by atoms with E-state index < -0.39 is 23.5 Å². The topological polar surface area (TPSA) is 120 Å². The Hall–Kier alpha value is -2.40. The summed E-state index contributed by atoms with van der Waals surface area (Å²) in [6.45, 7) is 4.96. The fourth-order valence-electron chi connectivity index (χ4n) is 2.78. The first-order chi connectivity index (χ1) is 10.4. The Bertz CT molecular complexity index is 680. The monoisotopic (exact) mass is 306 g/mol. The second kappa shape index (κ2) is 5.77. The lowest BCUT2D eigenvalue weighted by Crippen LogP contribution is -2.50. The van der Waals surface area contributed by atoms with Gasteiger partial charge in [-0.1, -0.05) is 13.8 Å². The Morgan fingerprint density at radius 1 is 1.68 bits per heavy atom. The van der Waals surface area contributed by atoms with Crippen LogP contribution in [0, 0.1) is 17.2 Å². The van der Waals surface area contributed by atoms with Gasteiger partial charge in [0.15, 0.2) is 6.10 Å². The molecule has 1 saturated heterocycles. The van der Waals surface area contributed by atoms with E-state index >= 15 is 0 Å². The molecule has 8 heteroatoms. The van der Waals surface area contributed by atoms with Crippen molar-refractivity contribution in [2.75, 3.05) is 5.73 Å². The third-order valence-corrected chi connectivity index (χ3v) is 3.82. The SMILES string of the molecule is CC[C@H]1O[C@@](C#N)(n2ccc(N)nc2=O)[C@@H](OC(C)=O)[C@@H]1C. The van der Waals surface area contributed by atoms with Gasteiger partial charge < -0.3 is 15.2 Å². The number of nitrogens with zero attached hydrogens (tertiary/aromatic N) is 3. The molecular formula is C14H18N4O4. The minimum absolute atomic E-state index is 0.0384. The summed E-state index contributed by atoms with van der Waals surface area (Å²) in [5.74, 6) is -0.761. The van der Waals surface area contributed by atoms with Crippen molar-refractivity contribution < 1.29 is 14.3 Å². The Kier molecular flexibility index (Phi) is 4.19. The summed E-state index contributed by atoms with van der Waals surface area (Å²) < 4.78 is 12.2. The minimum atomic E-state index is -1.75. The Morgan fingerprint density at radius 3 is 2.86 bits per heavy atom.